The molecule has 10 heavy (non-hydrogen) atoms. The number of hydrogen-bond donors (Lipinski definition) is 0. The molecule has 0 saturated heterocycles. The van der Waals surface area contributed by atoms with E-state index in [-0.39, 0.29) is 0 Å². The molecule has 0 aromatic heterocycles. The van der Waals surface area contributed by atoms with Crippen LogP contribution in [0, 0.1) is 6.92 Å². The Kier molecular flexibility index (Phi) is 2.00. The van der Waals surface area contributed by atoms with E-state index in [0.29, 0.717) is 5.92 Å². The van der Waals surface area contributed by atoms with Crippen LogP contribution in [-0.4, -0.2) is 0 Å². The van der Waals surface area contributed by atoms with Gasteiger partial charge in [0.05, 0.1) is 0 Å². The summed E-state index contributed by atoms with van der Waals surface area (Å²) in [7, 11) is 0. The highest BCUT2D eigenvalue weighted by Crippen LogP contribution is 2.14. The van der Waals surface area contributed by atoms with Crippen molar-refractivity contribution in [1.29, 1.82) is 0 Å². The predicted molar refractivity (Wildman–Crippen MR) is 45.0 cm³/mol. The Morgan fingerprint density at radius 2 is 2.00 bits per heavy atom. The molecule has 0 radical (unpaired) electrons. The Hall–Kier alpha value is -0.910. The molecule has 0 nitrogen and oxygen atoms in total. The van der Waals surface area contributed by atoms with Crippen molar-refractivity contribution in [2.75, 3.05) is 0 Å². The SMILES string of the molecule is [CH2-]c1cccc(C(C)C)c1. The lowest BCUT2D eigenvalue weighted by Gasteiger charge is -2.10. The monoisotopic (exact) mass is 133 g/mol. The van der Waals surface area contributed by atoms with Gasteiger partial charge in [0.25, 0.3) is 0 Å². The Morgan fingerprint density at radius 3 is 2.40 bits per heavy atom. The van der Waals surface area contributed by atoms with E-state index in [1.807, 2.05) is 6.07 Å². The minimum atomic E-state index is 0.613. The molecule has 0 atom stereocenters. The van der Waals surface area contributed by atoms with Crippen LogP contribution in [0.2, 0.25) is 0 Å². The zero-order valence-electron chi connectivity index (χ0n) is 6.59. The second kappa shape index (κ2) is 2.78. The summed E-state index contributed by atoms with van der Waals surface area (Å²) in [5.74, 6) is 0.613. The normalized spacial score (nSPS) is 10.3. The van der Waals surface area contributed by atoms with Crippen LogP contribution in [0.5, 0.6) is 0 Å². The van der Waals surface area contributed by atoms with Gasteiger partial charge in [0.2, 0.25) is 0 Å². The fraction of sp³-hybridized carbons (Fsp3) is 0.300. The van der Waals surface area contributed by atoms with E-state index in [1.54, 1.807) is 0 Å². The van der Waals surface area contributed by atoms with Gasteiger partial charge in [-0.3, -0.25) is 0 Å². The minimum absolute atomic E-state index is 0.613. The maximum atomic E-state index is 3.86. The molecule has 0 spiro atoms. The lowest BCUT2D eigenvalue weighted by molar-refractivity contribution is 0.866. The molecule has 1 aromatic rings. The van der Waals surface area contributed by atoms with Gasteiger partial charge in [0.1, 0.15) is 0 Å². The Balaban J connectivity index is 2.96. The zero-order chi connectivity index (χ0) is 7.56. The maximum absolute atomic E-state index is 3.86. The van der Waals surface area contributed by atoms with Crippen molar-refractivity contribution >= 4 is 0 Å². The third-order valence-electron chi connectivity index (χ3n) is 1.62. The van der Waals surface area contributed by atoms with E-state index < -0.39 is 0 Å². The molecule has 0 aliphatic heterocycles. The fourth-order valence-electron chi connectivity index (χ4n) is 0.952. The minimum Gasteiger partial charge on any atom is -0.199 e. The molecule has 0 bridgehead atoms. The topological polar surface area (TPSA) is 0 Å². The summed E-state index contributed by atoms with van der Waals surface area (Å²) in [5.41, 5.74) is 2.47. The van der Waals surface area contributed by atoms with E-state index in [2.05, 4.69) is 39.0 Å². The maximum Gasteiger partial charge on any atom is -0.0334 e. The van der Waals surface area contributed by atoms with Crippen molar-refractivity contribution in [2.45, 2.75) is 19.8 Å². The van der Waals surface area contributed by atoms with Crippen molar-refractivity contribution in [3.05, 3.63) is 42.3 Å². The van der Waals surface area contributed by atoms with Crippen LogP contribution in [0.4, 0.5) is 0 Å². The number of rotatable bonds is 1. The van der Waals surface area contributed by atoms with Crippen LogP contribution in [0.3, 0.4) is 0 Å². The van der Waals surface area contributed by atoms with E-state index in [4.69, 9.17) is 0 Å². The third-order valence-corrected chi connectivity index (χ3v) is 1.62. The molecule has 0 heteroatoms. The highest BCUT2D eigenvalue weighted by atomic mass is 14.0. The molecule has 54 valence electrons. The summed E-state index contributed by atoms with van der Waals surface area (Å²) in [6.45, 7) is 8.24. The summed E-state index contributed by atoms with van der Waals surface area (Å²) in [4.78, 5) is 0. The molecule has 0 aliphatic carbocycles. The van der Waals surface area contributed by atoms with Crippen LogP contribution < -0.4 is 0 Å². The van der Waals surface area contributed by atoms with Gasteiger partial charge in [-0.2, -0.15) is 24.6 Å². The first kappa shape index (κ1) is 7.20. The van der Waals surface area contributed by atoms with E-state index >= 15 is 0 Å². The van der Waals surface area contributed by atoms with E-state index in [0.717, 1.165) is 5.56 Å². The molecule has 1 rings (SSSR count). The van der Waals surface area contributed by atoms with Crippen LogP contribution >= 0.6 is 0 Å². The van der Waals surface area contributed by atoms with Crippen LogP contribution in [0.1, 0.15) is 30.9 Å². The smallest absolute Gasteiger partial charge is 0.0334 e. The van der Waals surface area contributed by atoms with Gasteiger partial charge in [-0.15, -0.1) is 11.6 Å². The number of benzene rings is 1. The molecular formula is C10H13-. The average Bonchev–Trinajstić information content (AvgIpc) is 1.88. The first-order valence-electron chi connectivity index (χ1n) is 3.62. The third kappa shape index (κ3) is 1.53. The molecule has 0 amide bonds. The predicted octanol–water partition coefficient (Wildman–Crippen LogP) is 2.99. The van der Waals surface area contributed by atoms with Crippen molar-refractivity contribution in [1.82, 2.24) is 0 Å². The van der Waals surface area contributed by atoms with Gasteiger partial charge < -0.3 is 0 Å². The van der Waals surface area contributed by atoms with Crippen molar-refractivity contribution < 1.29 is 0 Å². The fourth-order valence-corrected chi connectivity index (χ4v) is 0.952. The van der Waals surface area contributed by atoms with E-state index in [1.165, 1.54) is 5.56 Å². The molecule has 0 fully saturated rings. The van der Waals surface area contributed by atoms with Crippen molar-refractivity contribution in [2.24, 2.45) is 0 Å². The second-order valence-electron chi connectivity index (χ2n) is 2.90. The Bertz CT molecular complexity index is 211. The molecule has 0 unspecified atom stereocenters. The molecule has 0 heterocycles. The number of hydrogen-bond acceptors (Lipinski definition) is 0. The van der Waals surface area contributed by atoms with Gasteiger partial charge in [-0.05, 0) is 5.92 Å². The first-order chi connectivity index (χ1) is 4.70. The second-order valence-corrected chi connectivity index (χ2v) is 2.90. The summed E-state index contributed by atoms with van der Waals surface area (Å²) in [6, 6.07) is 8.34. The molecule has 0 aliphatic rings. The quantitative estimate of drug-likeness (QED) is 0.516. The zero-order valence-corrected chi connectivity index (χ0v) is 6.59. The molecule has 1 aromatic carbocycles. The summed E-state index contributed by atoms with van der Waals surface area (Å²) in [6.07, 6.45) is 0. The van der Waals surface area contributed by atoms with E-state index in [9.17, 15) is 0 Å². The summed E-state index contributed by atoms with van der Waals surface area (Å²) >= 11 is 0. The highest BCUT2D eigenvalue weighted by molar-refractivity contribution is 5.27. The standard InChI is InChI=1S/C10H13/c1-8(2)10-6-4-5-9(3)7-10/h4-8H,3H2,1-2H3/q-1. The molecule has 0 N–H and O–H groups in total. The Morgan fingerprint density at radius 1 is 1.30 bits per heavy atom. The van der Waals surface area contributed by atoms with Crippen LogP contribution in [0.15, 0.2) is 24.3 Å². The largest absolute Gasteiger partial charge is 0.199 e. The van der Waals surface area contributed by atoms with Crippen molar-refractivity contribution in [3.63, 3.8) is 0 Å². The first-order valence-corrected chi connectivity index (χ1v) is 3.62. The van der Waals surface area contributed by atoms with Gasteiger partial charge in [-0.1, -0.05) is 19.9 Å². The summed E-state index contributed by atoms with van der Waals surface area (Å²) in [5, 5.41) is 0. The Labute approximate surface area is 62.9 Å². The molecular weight excluding hydrogens is 120 g/mol. The van der Waals surface area contributed by atoms with Gasteiger partial charge in [-0.25, -0.2) is 0 Å². The van der Waals surface area contributed by atoms with Crippen molar-refractivity contribution in [3.8, 4) is 0 Å². The summed E-state index contributed by atoms with van der Waals surface area (Å²) < 4.78 is 0. The average molecular weight is 133 g/mol. The lowest BCUT2D eigenvalue weighted by atomic mass is 10.0. The van der Waals surface area contributed by atoms with Gasteiger partial charge in [0.15, 0.2) is 0 Å². The lowest BCUT2D eigenvalue weighted by Crippen LogP contribution is -1.86. The van der Waals surface area contributed by atoms with Gasteiger partial charge >= 0.3 is 0 Å². The van der Waals surface area contributed by atoms with Crippen LogP contribution in [-0.2, 0) is 0 Å². The van der Waals surface area contributed by atoms with Gasteiger partial charge in [0, 0.05) is 0 Å². The molecule has 0 saturated carbocycles. The highest BCUT2D eigenvalue weighted by Gasteiger charge is 1.91. The van der Waals surface area contributed by atoms with Crippen LogP contribution in [0.25, 0.3) is 0 Å².